The highest BCUT2D eigenvalue weighted by Gasteiger charge is 2.51. The summed E-state index contributed by atoms with van der Waals surface area (Å²) in [6, 6.07) is 0. The van der Waals surface area contributed by atoms with Crippen LogP contribution in [0.3, 0.4) is 0 Å². The molecule has 0 aromatic carbocycles. The van der Waals surface area contributed by atoms with Crippen LogP contribution in [0, 0.1) is 11.8 Å². The number of hydrogen-bond acceptors (Lipinski definition) is 5. The van der Waals surface area contributed by atoms with Gasteiger partial charge >= 0.3 is 0 Å². The second-order valence-corrected chi connectivity index (χ2v) is 7.76. The zero-order valence-electron chi connectivity index (χ0n) is 16.8. The molecule has 0 spiro atoms. The molecule has 0 aromatic rings. The summed E-state index contributed by atoms with van der Waals surface area (Å²) >= 11 is 0. The molecule has 2 atom stereocenters. The van der Waals surface area contributed by atoms with E-state index < -0.39 is 41.6 Å². The molecule has 1 N–H and O–H groups in total. The van der Waals surface area contributed by atoms with Gasteiger partial charge in [-0.1, -0.05) is 84.0 Å². The van der Waals surface area contributed by atoms with Crippen LogP contribution in [-0.4, -0.2) is 34.8 Å². The van der Waals surface area contributed by atoms with Crippen LogP contribution in [0.2, 0.25) is 0 Å². The Hall–Kier alpha value is -1.36. The van der Waals surface area contributed by atoms with Crippen molar-refractivity contribution in [1.82, 2.24) is 0 Å². The van der Waals surface area contributed by atoms with Crippen molar-refractivity contribution in [2.24, 2.45) is 11.8 Å². The molecule has 154 valence electrons. The minimum atomic E-state index is -1.45. The van der Waals surface area contributed by atoms with E-state index in [2.05, 4.69) is 6.92 Å². The molecule has 1 aliphatic carbocycles. The Bertz CT molecular complexity index is 497. The fourth-order valence-corrected chi connectivity index (χ4v) is 3.71. The lowest BCUT2D eigenvalue weighted by molar-refractivity contribution is -0.140. The Morgan fingerprint density at radius 2 is 1.19 bits per heavy atom. The second-order valence-electron chi connectivity index (χ2n) is 7.76. The van der Waals surface area contributed by atoms with Crippen LogP contribution in [0.1, 0.15) is 96.8 Å². The number of aliphatic hydroxyl groups is 1. The number of aliphatic hydroxyl groups excluding tert-OH is 1. The van der Waals surface area contributed by atoms with Gasteiger partial charge in [-0.3, -0.25) is 19.2 Å². The lowest BCUT2D eigenvalue weighted by Gasteiger charge is -2.06. The molecule has 1 saturated carbocycles. The van der Waals surface area contributed by atoms with Crippen LogP contribution in [0.25, 0.3) is 0 Å². The Kier molecular flexibility index (Phi) is 12.1. The van der Waals surface area contributed by atoms with Crippen molar-refractivity contribution in [2.45, 2.75) is 96.8 Å². The first-order chi connectivity index (χ1) is 13.0. The fourth-order valence-electron chi connectivity index (χ4n) is 3.71. The predicted molar refractivity (Wildman–Crippen MR) is 104 cm³/mol. The highest BCUT2D eigenvalue weighted by Crippen LogP contribution is 2.24. The Morgan fingerprint density at radius 3 is 1.59 bits per heavy atom. The largest absolute Gasteiger partial charge is 0.395 e. The number of carbonyl (C=O) groups is 4. The van der Waals surface area contributed by atoms with Gasteiger partial charge in [-0.15, -0.1) is 0 Å². The zero-order valence-corrected chi connectivity index (χ0v) is 16.8. The average molecular weight is 381 g/mol. The molecule has 2 unspecified atom stereocenters. The molecule has 1 aliphatic rings. The van der Waals surface area contributed by atoms with E-state index in [0.29, 0.717) is 6.42 Å². The zero-order chi connectivity index (χ0) is 20.1. The maximum absolute atomic E-state index is 12.1. The number of carbonyl (C=O) groups excluding carboxylic acids is 4. The summed E-state index contributed by atoms with van der Waals surface area (Å²) in [4.78, 5) is 47.3. The molecule has 5 nitrogen and oxygen atoms in total. The van der Waals surface area contributed by atoms with Gasteiger partial charge in [0, 0.05) is 6.42 Å². The smallest absolute Gasteiger partial charge is 0.217 e. The van der Waals surface area contributed by atoms with E-state index >= 15 is 0 Å². The fraction of sp³-hybridized carbons (Fsp3) is 0.818. The van der Waals surface area contributed by atoms with E-state index in [-0.39, 0.29) is 6.42 Å². The molecule has 0 radical (unpaired) electrons. The first kappa shape index (κ1) is 23.7. The molecule has 0 amide bonds. The Morgan fingerprint density at radius 1 is 0.741 bits per heavy atom. The molecule has 27 heavy (non-hydrogen) atoms. The van der Waals surface area contributed by atoms with Crippen molar-refractivity contribution in [1.29, 1.82) is 0 Å². The van der Waals surface area contributed by atoms with E-state index in [4.69, 9.17) is 5.11 Å². The van der Waals surface area contributed by atoms with E-state index in [1.807, 2.05) is 0 Å². The minimum Gasteiger partial charge on any atom is -0.395 e. The van der Waals surface area contributed by atoms with Crippen LogP contribution in [0.15, 0.2) is 0 Å². The summed E-state index contributed by atoms with van der Waals surface area (Å²) in [6.45, 7) is 1.54. The van der Waals surface area contributed by atoms with E-state index in [0.717, 1.165) is 19.3 Å². The van der Waals surface area contributed by atoms with E-state index in [1.54, 1.807) is 0 Å². The third-order valence-electron chi connectivity index (χ3n) is 5.48. The third kappa shape index (κ3) is 8.04. The summed E-state index contributed by atoms with van der Waals surface area (Å²) < 4.78 is 0. The Labute approximate surface area is 163 Å². The van der Waals surface area contributed by atoms with Gasteiger partial charge in [0.1, 0.15) is 11.8 Å². The normalized spacial score (nSPS) is 19.9. The van der Waals surface area contributed by atoms with Crippen molar-refractivity contribution < 1.29 is 24.3 Å². The van der Waals surface area contributed by atoms with Crippen LogP contribution >= 0.6 is 0 Å². The molecule has 0 aliphatic heterocycles. The second kappa shape index (κ2) is 13.8. The van der Waals surface area contributed by atoms with Crippen LogP contribution in [0.5, 0.6) is 0 Å². The average Bonchev–Trinajstić information content (AvgIpc) is 2.87. The quantitative estimate of drug-likeness (QED) is 0.248. The molecule has 0 aromatic heterocycles. The highest BCUT2D eigenvalue weighted by atomic mass is 16.3. The summed E-state index contributed by atoms with van der Waals surface area (Å²) in [5, 5.41) is 9.02. The summed E-state index contributed by atoms with van der Waals surface area (Å²) in [6.07, 6.45) is 15.7. The Balaban J connectivity index is 2.02. The molecule has 0 saturated heterocycles. The van der Waals surface area contributed by atoms with Gasteiger partial charge in [-0.25, -0.2) is 0 Å². The lowest BCUT2D eigenvalue weighted by Crippen LogP contribution is -2.27. The molecule has 1 rings (SSSR count). The predicted octanol–water partition coefficient (Wildman–Crippen LogP) is 3.98. The number of ketones is 4. The standard InChI is InChI=1S/C22H36O5/c1-2-3-4-5-6-7-8-9-10-11-12-13-14-15-18(24)19-20(25)17(16-23)21(26)22(19)27/h17,19,23H,2-16H2,1H3. The molecule has 0 bridgehead atoms. The van der Waals surface area contributed by atoms with Crippen LogP contribution < -0.4 is 0 Å². The molecule has 5 heteroatoms. The first-order valence-electron chi connectivity index (χ1n) is 10.8. The molecule has 1 fully saturated rings. The molecule has 0 heterocycles. The third-order valence-corrected chi connectivity index (χ3v) is 5.48. The SMILES string of the molecule is CCCCCCCCCCCCCCCC(=O)C1C(=O)C(=O)C(CO)C1=O. The van der Waals surface area contributed by atoms with E-state index in [9.17, 15) is 19.2 Å². The topological polar surface area (TPSA) is 88.5 Å². The van der Waals surface area contributed by atoms with Crippen LogP contribution in [-0.2, 0) is 19.2 Å². The van der Waals surface area contributed by atoms with Gasteiger partial charge in [0.2, 0.25) is 11.6 Å². The number of hydrogen-bond donors (Lipinski definition) is 1. The van der Waals surface area contributed by atoms with Gasteiger partial charge < -0.3 is 5.11 Å². The van der Waals surface area contributed by atoms with Gasteiger partial charge in [-0.2, -0.15) is 0 Å². The molecular weight excluding hydrogens is 344 g/mol. The van der Waals surface area contributed by atoms with E-state index in [1.165, 1.54) is 57.8 Å². The first-order valence-corrected chi connectivity index (χ1v) is 10.8. The maximum atomic E-state index is 12.1. The van der Waals surface area contributed by atoms with Gasteiger partial charge in [-0.05, 0) is 6.42 Å². The highest BCUT2D eigenvalue weighted by molar-refractivity contribution is 6.55. The summed E-state index contributed by atoms with van der Waals surface area (Å²) in [7, 11) is 0. The summed E-state index contributed by atoms with van der Waals surface area (Å²) in [5.41, 5.74) is 0. The van der Waals surface area contributed by atoms with Gasteiger partial charge in [0.05, 0.1) is 6.61 Å². The van der Waals surface area contributed by atoms with Crippen molar-refractivity contribution in [3.63, 3.8) is 0 Å². The van der Waals surface area contributed by atoms with Crippen molar-refractivity contribution in [3.05, 3.63) is 0 Å². The van der Waals surface area contributed by atoms with Crippen molar-refractivity contribution >= 4 is 23.1 Å². The van der Waals surface area contributed by atoms with Gasteiger partial charge in [0.25, 0.3) is 0 Å². The van der Waals surface area contributed by atoms with Crippen LogP contribution in [0.4, 0.5) is 0 Å². The monoisotopic (exact) mass is 380 g/mol. The van der Waals surface area contributed by atoms with Crippen molar-refractivity contribution in [2.75, 3.05) is 6.61 Å². The number of Topliss-reactive ketones (excluding diaryl/α,β-unsaturated/α-hetero) is 4. The maximum Gasteiger partial charge on any atom is 0.217 e. The van der Waals surface area contributed by atoms with Gasteiger partial charge in [0.15, 0.2) is 11.6 Å². The summed E-state index contributed by atoms with van der Waals surface area (Å²) in [5.74, 6) is -5.79. The lowest BCUT2D eigenvalue weighted by atomic mass is 9.94. The molecular formula is C22H36O5. The number of rotatable bonds is 16. The minimum absolute atomic E-state index is 0.158. The number of unbranched alkanes of at least 4 members (excludes halogenated alkanes) is 12. The van der Waals surface area contributed by atoms with Crippen molar-refractivity contribution in [3.8, 4) is 0 Å².